The SMILES string of the molecule is OC1(CNC2CCC3(CCCC3)CC2)CCOCC1. The van der Waals surface area contributed by atoms with Gasteiger partial charge in [0.05, 0.1) is 5.60 Å². The van der Waals surface area contributed by atoms with Crippen LogP contribution in [0, 0.1) is 5.41 Å². The van der Waals surface area contributed by atoms with Crippen LogP contribution in [0.5, 0.6) is 0 Å². The second-order valence-corrected chi connectivity index (χ2v) is 7.20. The first-order chi connectivity index (χ1) is 9.20. The normalized spacial score (nSPS) is 30.8. The fourth-order valence-electron chi connectivity index (χ4n) is 4.32. The van der Waals surface area contributed by atoms with Gasteiger partial charge in [-0.2, -0.15) is 0 Å². The van der Waals surface area contributed by atoms with Gasteiger partial charge in [-0.15, -0.1) is 0 Å². The molecular formula is C16H29NO2. The molecule has 2 saturated carbocycles. The number of hydrogen-bond acceptors (Lipinski definition) is 3. The highest BCUT2D eigenvalue weighted by Gasteiger charge is 2.38. The summed E-state index contributed by atoms with van der Waals surface area (Å²) in [5, 5.41) is 14.1. The number of aliphatic hydroxyl groups is 1. The molecule has 1 spiro atoms. The van der Waals surface area contributed by atoms with Gasteiger partial charge in [-0.05, 0) is 43.9 Å². The molecule has 19 heavy (non-hydrogen) atoms. The molecule has 0 radical (unpaired) electrons. The Bertz CT molecular complexity index is 283. The highest BCUT2D eigenvalue weighted by molar-refractivity contribution is 4.92. The summed E-state index contributed by atoms with van der Waals surface area (Å²) < 4.78 is 5.33. The highest BCUT2D eigenvalue weighted by Crippen LogP contribution is 2.48. The number of nitrogens with one attached hydrogen (secondary N) is 1. The molecule has 3 fully saturated rings. The van der Waals surface area contributed by atoms with E-state index in [0.29, 0.717) is 24.7 Å². The van der Waals surface area contributed by atoms with E-state index in [4.69, 9.17) is 4.74 Å². The highest BCUT2D eigenvalue weighted by atomic mass is 16.5. The van der Waals surface area contributed by atoms with Gasteiger partial charge in [0.15, 0.2) is 0 Å². The van der Waals surface area contributed by atoms with Gasteiger partial charge in [-0.1, -0.05) is 12.8 Å². The first-order valence-corrected chi connectivity index (χ1v) is 8.23. The second-order valence-electron chi connectivity index (χ2n) is 7.20. The lowest BCUT2D eigenvalue weighted by atomic mass is 9.71. The molecular weight excluding hydrogens is 238 g/mol. The van der Waals surface area contributed by atoms with Crippen LogP contribution in [0.25, 0.3) is 0 Å². The molecule has 0 aromatic heterocycles. The third-order valence-corrected chi connectivity index (χ3v) is 5.85. The van der Waals surface area contributed by atoms with Gasteiger partial charge in [0.2, 0.25) is 0 Å². The molecule has 1 saturated heterocycles. The third kappa shape index (κ3) is 3.32. The van der Waals surface area contributed by atoms with E-state index in [9.17, 15) is 5.11 Å². The van der Waals surface area contributed by atoms with Crippen LogP contribution in [0.1, 0.15) is 64.2 Å². The molecule has 2 aliphatic carbocycles. The van der Waals surface area contributed by atoms with E-state index < -0.39 is 5.60 Å². The molecule has 0 atom stereocenters. The Morgan fingerprint density at radius 2 is 1.58 bits per heavy atom. The molecule has 0 aromatic carbocycles. The van der Waals surface area contributed by atoms with Gasteiger partial charge in [0.25, 0.3) is 0 Å². The summed E-state index contributed by atoms with van der Waals surface area (Å²) in [5.74, 6) is 0. The van der Waals surface area contributed by atoms with Crippen LogP contribution in [0.15, 0.2) is 0 Å². The van der Waals surface area contributed by atoms with Crippen LogP contribution in [-0.4, -0.2) is 36.5 Å². The Balaban J connectivity index is 1.42. The van der Waals surface area contributed by atoms with Crippen LogP contribution < -0.4 is 5.32 Å². The molecule has 1 aliphatic heterocycles. The summed E-state index contributed by atoms with van der Waals surface area (Å²) in [5.41, 5.74) is 0.203. The second kappa shape index (κ2) is 5.71. The van der Waals surface area contributed by atoms with Crippen molar-refractivity contribution in [3.63, 3.8) is 0 Å². The van der Waals surface area contributed by atoms with E-state index in [1.165, 1.54) is 51.4 Å². The maximum absolute atomic E-state index is 10.5. The van der Waals surface area contributed by atoms with Gasteiger partial charge >= 0.3 is 0 Å². The van der Waals surface area contributed by atoms with Crippen LogP contribution in [0.4, 0.5) is 0 Å². The maximum Gasteiger partial charge on any atom is 0.0815 e. The van der Waals surface area contributed by atoms with E-state index in [-0.39, 0.29) is 0 Å². The molecule has 3 heteroatoms. The standard InChI is InChI=1S/C16H29NO2/c18-16(9-11-19-12-10-16)13-17-14-3-7-15(8-4-14)5-1-2-6-15/h14,17-18H,1-13H2. The first-order valence-electron chi connectivity index (χ1n) is 8.23. The minimum absolute atomic E-state index is 0.513. The molecule has 1 heterocycles. The van der Waals surface area contributed by atoms with E-state index in [0.717, 1.165) is 19.4 Å². The molecule has 3 aliphatic rings. The molecule has 0 unspecified atom stereocenters. The molecule has 3 rings (SSSR count). The maximum atomic E-state index is 10.5. The summed E-state index contributed by atoms with van der Waals surface area (Å²) in [7, 11) is 0. The van der Waals surface area contributed by atoms with Crippen LogP contribution in [0.3, 0.4) is 0 Å². The minimum atomic E-state index is -0.513. The lowest BCUT2D eigenvalue weighted by molar-refractivity contribution is -0.0636. The van der Waals surface area contributed by atoms with Crippen molar-refractivity contribution in [1.82, 2.24) is 5.32 Å². The summed E-state index contributed by atoms with van der Waals surface area (Å²) in [6.45, 7) is 2.19. The van der Waals surface area contributed by atoms with Crippen LogP contribution in [0.2, 0.25) is 0 Å². The quantitative estimate of drug-likeness (QED) is 0.826. The average Bonchev–Trinajstić information content (AvgIpc) is 2.88. The Hall–Kier alpha value is -0.120. The van der Waals surface area contributed by atoms with Crippen LogP contribution >= 0.6 is 0 Å². The number of hydrogen-bond donors (Lipinski definition) is 2. The predicted molar refractivity (Wildman–Crippen MR) is 76.2 cm³/mol. The first kappa shape index (κ1) is 13.8. The lowest BCUT2D eigenvalue weighted by Gasteiger charge is -2.39. The van der Waals surface area contributed by atoms with E-state index >= 15 is 0 Å². The Morgan fingerprint density at radius 1 is 0.947 bits per heavy atom. The zero-order valence-corrected chi connectivity index (χ0v) is 12.1. The molecule has 0 bridgehead atoms. The van der Waals surface area contributed by atoms with Crippen molar-refractivity contribution in [1.29, 1.82) is 0 Å². The molecule has 2 N–H and O–H groups in total. The Kier molecular flexibility index (Phi) is 4.16. The minimum Gasteiger partial charge on any atom is -0.388 e. The summed E-state index contributed by atoms with van der Waals surface area (Å²) >= 11 is 0. The zero-order chi connectivity index (χ0) is 13.2. The third-order valence-electron chi connectivity index (χ3n) is 5.85. The van der Waals surface area contributed by atoms with Gasteiger partial charge in [0, 0.05) is 38.6 Å². The molecule has 110 valence electrons. The number of ether oxygens (including phenoxy) is 1. The van der Waals surface area contributed by atoms with E-state index in [1.807, 2.05) is 0 Å². The lowest BCUT2D eigenvalue weighted by Crippen LogP contribution is -2.49. The molecule has 0 amide bonds. The van der Waals surface area contributed by atoms with Crippen molar-refractivity contribution in [2.75, 3.05) is 19.8 Å². The topological polar surface area (TPSA) is 41.5 Å². The smallest absolute Gasteiger partial charge is 0.0815 e. The monoisotopic (exact) mass is 267 g/mol. The average molecular weight is 267 g/mol. The van der Waals surface area contributed by atoms with Gasteiger partial charge in [-0.3, -0.25) is 0 Å². The summed E-state index contributed by atoms with van der Waals surface area (Å²) in [6.07, 6.45) is 12.9. The predicted octanol–water partition coefficient (Wildman–Crippen LogP) is 2.62. The van der Waals surface area contributed by atoms with Crippen molar-refractivity contribution in [2.45, 2.75) is 75.9 Å². The van der Waals surface area contributed by atoms with Crippen LogP contribution in [-0.2, 0) is 4.74 Å². The molecule has 3 nitrogen and oxygen atoms in total. The summed E-state index contributed by atoms with van der Waals surface area (Å²) in [6, 6.07) is 0.637. The van der Waals surface area contributed by atoms with E-state index in [1.54, 1.807) is 0 Å². The van der Waals surface area contributed by atoms with E-state index in [2.05, 4.69) is 5.32 Å². The van der Waals surface area contributed by atoms with Gasteiger partial charge < -0.3 is 15.2 Å². The summed E-state index contributed by atoms with van der Waals surface area (Å²) in [4.78, 5) is 0. The fourth-order valence-corrected chi connectivity index (χ4v) is 4.32. The fraction of sp³-hybridized carbons (Fsp3) is 1.00. The Morgan fingerprint density at radius 3 is 2.21 bits per heavy atom. The van der Waals surface area contributed by atoms with Gasteiger partial charge in [-0.25, -0.2) is 0 Å². The zero-order valence-electron chi connectivity index (χ0n) is 12.1. The largest absolute Gasteiger partial charge is 0.388 e. The van der Waals surface area contributed by atoms with Gasteiger partial charge in [0.1, 0.15) is 0 Å². The molecule has 0 aromatic rings. The van der Waals surface area contributed by atoms with Crippen molar-refractivity contribution < 1.29 is 9.84 Å². The van der Waals surface area contributed by atoms with Crippen molar-refractivity contribution in [3.05, 3.63) is 0 Å². The van der Waals surface area contributed by atoms with Crippen molar-refractivity contribution in [2.24, 2.45) is 5.41 Å². The van der Waals surface area contributed by atoms with Crippen molar-refractivity contribution >= 4 is 0 Å². The van der Waals surface area contributed by atoms with Crippen molar-refractivity contribution in [3.8, 4) is 0 Å². The Labute approximate surface area is 117 Å². The number of rotatable bonds is 3.